The summed E-state index contributed by atoms with van der Waals surface area (Å²) in [5.41, 5.74) is -2.33. The molecule has 13 nitrogen and oxygen atoms in total. The first kappa shape index (κ1) is 23.1. The number of rotatable bonds is 7. The van der Waals surface area contributed by atoms with Gasteiger partial charge in [0.2, 0.25) is 0 Å². The average Bonchev–Trinajstić information content (AvgIpc) is 2.84. The standard InChI is InChI=1S/C13H22N2O11P2/c1-6(2)27(19,20)26-10-9(16)8(5-24-28(21,22)23)25-12(10)15-4-7(3)11(17)14-13(15)18/h4,6,8-10,12,16H,5H2,1-3H3,(H,19,20)(H,14,17,18)(H2,21,22,23)/t8-,9-,10-,12-/m1/s1. The molecule has 2 rings (SSSR count). The zero-order valence-corrected chi connectivity index (χ0v) is 16.9. The van der Waals surface area contributed by atoms with Gasteiger partial charge in [-0.15, -0.1) is 0 Å². The molecule has 0 spiro atoms. The summed E-state index contributed by atoms with van der Waals surface area (Å²) in [6, 6.07) is 0. The second kappa shape index (κ2) is 8.31. The second-order valence-electron chi connectivity index (χ2n) is 6.55. The Bertz CT molecular complexity index is 920. The minimum Gasteiger partial charge on any atom is -0.387 e. The lowest BCUT2D eigenvalue weighted by Crippen LogP contribution is -2.40. The maximum absolute atomic E-state index is 12.3. The number of nitrogens with zero attached hydrogens (tertiary/aromatic N) is 1. The molecule has 0 aliphatic carbocycles. The first-order chi connectivity index (χ1) is 12.7. The molecule has 1 saturated heterocycles. The number of aliphatic hydroxyl groups excluding tert-OH is 1. The lowest BCUT2D eigenvalue weighted by Gasteiger charge is -2.26. The van der Waals surface area contributed by atoms with E-state index >= 15 is 0 Å². The van der Waals surface area contributed by atoms with Crippen LogP contribution in [0.5, 0.6) is 0 Å². The van der Waals surface area contributed by atoms with Crippen LogP contribution in [0.1, 0.15) is 25.6 Å². The minimum absolute atomic E-state index is 0.113. The van der Waals surface area contributed by atoms with Gasteiger partial charge in [-0.2, -0.15) is 0 Å². The van der Waals surface area contributed by atoms with Crippen LogP contribution in [0.25, 0.3) is 0 Å². The fourth-order valence-electron chi connectivity index (χ4n) is 2.44. The van der Waals surface area contributed by atoms with Crippen molar-refractivity contribution in [2.24, 2.45) is 0 Å². The van der Waals surface area contributed by atoms with Gasteiger partial charge in [0.25, 0.3) is 5.56 Å². The number of nitrogens with one attached hydrogen (secondary N) is 1. The highest BCUT2D eigenvalue weighted by atomic mass is 31.2. The summed E-state index contributed by atoms with van der Waals surface area (Å²) >= 11 is 0. The number of aromatic nitrogens is 2. The fourth-order valence-corrected chi connectivity index (χ4v) is 3.60. The molecule has 2 heterocycles. The van der Waals surface area contributed by atoms with Crippen molar-refractivity contribution in [3.05, 3.63) is 32.6 Å². The molecule has 0 amide bonds. The third-order valence-electron chi connectivity index (χ3n) is 4.07. The smallest absolute Gasteiger partial charge is 0.387 e. The molecule has 1 fully saturated rings. The number of H-pyrrole nitrogens is 1. The highest BCUT2D eigenvalue weighted by molar-refractivity contribution is 7.53. The average molecular weight is 444 g/mol. The normalized spacial score (nSPS) is 27.9. The first-order valence-corrected chi connectivity index (χ1v) is 11.3. The van der Waals surface area contributed by atoms with E-state index in [1.165, 1.54) is 20.8 Å². The molecule has 5 N–H and O–H groups in total. The Morgan fingerprint density at radius 2 is 1.89 bits per heavy atom. The van der Waals surface area contributed by atoms with Crippen molar-refractivity contribution in [3.63, 3.8) is 0 Å². The second-order valence-corrected chi connectivity index (χ2v) is 10.2. The maximum atomic E-state index is 12.3. The van der Waals surface area contributed by atoms with Crippen molar-refractivity contribution < 1.29 is 42.7 Å². The van der Waals surface area contributed by atoms with E-state index in [4.69, 9.17) is 19.0 Å². The number of ether oxygens (including phenoxy) is 1. The highest BCUT2D eigenvalue weighted by Gasteiger charge is 2.49. The molecule has 1 aromatic heterocycles. The van der Waals surface area contributed by atoms with Crippen LogP contribution in [0.2, 0.25) is 0 Å². The van der Waals surface area contributed by atoms with E-state index in [1.54, 1.807) is 0 Å². The van der Waals surface area contributed by atoms with E-state index in [0.717, 1.165) is 10.8 Å². The number of aromatic amines is 1. The zero-order valence-electron chi connectivity index (χ0n) is 15.2. The third kappa shape index (κ3) is 5.26. The van der Waals surface area contributed by atoms with Crippen molar-refractivity contribution in [1.29, 1.82) is 0 Å². The predicted octanol–water partition coefficient (Wildman–Crippen LogP) is -0.808. The predicted molar refractivity (Wildman–Crippen MR) is 93.8 cm³/mol. The van der Waals surface area contributed by atoms with Crippen LogP contribution >= 0.6 is 15.4 Å². The fraction of sp³-hybridized carbons (Fsp3) is 0.692. The Labute approximate surface area is 158 Å². The summed E-state index contributed by atoms with van der Waals surface area (Å²) in [6.07, 6.45) is -4.99. The van der Waals surface area contributed by atoms with Gasteiger partial charge in [-0.3, -0.25) is 28.0 Å². The molecular weight excluding hydrogens is 422 g/mol. The molecule has 15 heteroatoms. The van der Waals surface area contributed by atoms with Gasteiger partial charge in [0, 0.05) is 11.8 Å². The van der Waals surface area contributed by atoms with Crippen molar-refractivity contribution >= 4 is 15.4 Å². The summed E-state index contributed by atoms with van der Waals surface area (Å²) in [6.45, 7) is 3.43. The van der Waals surface area contributed by atoms with Crippen LogP contribution in [0.4, 0.5) is 0 Å². The van der Waals surface area contributed by atoms with E-state index in [0.29, 0.717) is 0 Å². The van der Waals surface area contributed by atoms with Gasteiger partial charge in [0.05, 0.1) is 12.3 Å². The van der Waals surface area contributed by atoms with Gasteiger partial charge >= 0.3 is 21.1 Å². The van der Waals surface area contributed by atoms with Gasteiger partial charge in [0.15, 0.2) is 6.23 Å². The first-order valence-electron chi connectivity index (χ1n) is 8.09. The molecule has 0 saturated carbocycles. The molecule has 0 aromatic carbocycles. The van der Waals surface area contributed by atoms with Gasteiger partial charge in [-0.05, 0) is 6.92 Å². The number of aryl methyl sites for hydroxylation is 1. The third-order valence-corrected chi connectivity index (χ3v) is 6.40. The summed E-state index contributed by atoms with van der Waals surface area (Å²) in [7, 11) is -9.13. The molecule has 1 aromatic rings. The lowest BCUT2D eigenvalue weighted by atomic mass is 10.1. The van der Waals surface area contributed by atoms with Gasteiger partial charge in [0.1, 0.15) is 18.3 Å². The molecule has 0 radical (unpaired) electrons. The quantitative estimate of drug-likeness (QED) is 0.330. The Morgan fingerprint density at radius 3 is 2.43 bits per heavy atom. The van der Waals surface area contributed by atoms with Crippen LogP contribution in [0.3, 0.4) is 0 Å². The van der Waals surface area contributed by atoms with E-state index in [9.17, 15) is 28.7 Å². The molecule has 0 bridgehead atoms. The SMILES string of the molecule is Cc1cn([C@@H]2O[C@H](COP(=O)(O)O)[C@@H](O)[C@H]2OP(=O)(O)C(C)C)c(=O)[nH]c1=O. The summed E-state index contributed by atoms with van der Waals surface area (Å²) < 4.78 is 39.0. The number of hydrogen-bond donors (Lipinski definition) is 5. The number of aliphatic hydroxyl groups is 1. The molecule has 1 unspecified atom stereocenters. The molecule has 28 heavy (non-hydrogen) atoms. The Balaban J connectivity index is 2.43. The molecule has 1 aliphatic heterocycles. The van der Waals surface area contributed by atoms with E-state index in [2.05, 4.69) is 4.52 Å². The van der Waals surface area contributed by atoms with Crippen LogP contribution < -0.4 is 11.2 Å². The summed E-state index contributed by atoms with van der Waals surface area (Å²) in [4.78, 5) is 53.4. The van der Waals surface area contributed by atoms with Crippen molar-refractivity contribution in [2.75, 3.05) is 6.61 Å². The van der Waals surface area contributed by atoms with Crippen molar-refractivity contribution in [2.45, 2.75) is 51.0 Å². The van der Waals surface area contributed by atoms with Crippen molar-refractivity contribution in [3.8, 4) is 0 Å². The highest BCUT2D eigenvalue weighted by Crippen LogP contribution is 2.51. The molecular formula is C13H22N2O11P2. The van der Waals surface area contributed by atoms with Gasteiger partial charge in [-0.1, -0.05) is 13.8 Å². The molecule has 160 valence electrons. The zero-order chi connectivity index (χ0) is 21.4. The topological polar surface area (TPSA) is 198 Å². The summed E-state index contributed by atoms with van der Waals surface area (Å²) in [5.74, 6) is 0. The van der Waals surface area contributed by atoms with E-state index in [-0.39, 0.29) is 5.56 Å². The monoisotopic (exact) mass is 444 g/mol. The Morgan fingerprint density at radius 1 is 1.29 bits per heavy atom. The Hall–Kier alpha value is -1.14. The number of phosphoric ester groups is 1. The maximum Gasteiger partial charge on any atom is 0.469 e. The van der Waals surface area contributed by atoms with Crippen molar-refractivity contribution in [1.82, 2.24) is 9.55 Å². The van der Waals surface area contributed by atoms with Crippen LogP contribution in [-0.4, -0.2) is 59.9 Å². The molecule has 1 aliphatic rings. The Kier molecular flexibility index (Phi) is 6.87. The van der Waals surface area contributed by atoms with Crippen LogP contribution in [-0.2, 0) is 22.9 Å². The van der Waals surface area contributed by atoms with Gasteiger partial charge in [-0.25, -0.2) is 9.36 Å². The summed E-state index contributed by atoms with van der Waals surface area (Å²) in [5, 5.41) is 10.4. The molecule has 5 atom stereocenters. The number of phosphoric acid groups is 1. The largest absolute Gasteiger partial charge is 0.469 e. The van der Waals surface area contributed by atoms with Gasteiger partial charge < -0.3 is 24.5 Å². The number of hydrogen-bond acceptors (Lipinski definition) is 8. The van der Waals surface area contributed by atoms with Crippen LogP contribution in [0, 0.1) is 6.92 Å². The lowest BCUT2D eigenvalue weighted by molar-refractivity contribution is -0.0524. The van der Waals surface area contributed by atoms with Crippen LogP contribution in [0.15, 0.2) is 15.8 Å². The van der Waals surface area contributed by atoms with E-state index in [1.807, 2.05) is 4.98 Å². The minimum atomic E-state index is -4.89. The van der Waals surface area contributed by atoms with E-state index < -0.39 is 63.5 Å².